The zero-order chi connectivity index (χ0) is 17.5. The van der Waals surface area contributed by atoms with Crippen molar-refractivity contribution in [1.29, 1.82) is 0 Å². The summed E-state index contributed by atoms with van der Waals surface area (Å²) in [6.45, 7) is 4.59. The summed E-state index contributed by atoms with van der Waals surface area (Å²) < 4.78 is 6.15. The number of fused-ring (bicyclic) bond motifs is 1. The minimum atomic E-state index is 0. The van der Waals surface area contributed by atoms with Gasteiger partial charge in [0.2, 0.25) is 0 Å². The quantitative estimate of drug-likeness (QED) is 0.451. The monoisotopic (exact) mass is 389 g/mol. The smallest absolute Gasteiger partial charge is 0.124 e. The van der Waals surface area contributed by atoms with Crippen molar-refractivity contribution < 1.29 is 4.74 Å². The Labute approximate surface area is 166 Å². The molecule has 0 unspecified atom stereocenters. The largest absolute Gasteiger partial charge is 0.489 e. The van der Waals surface area contributed by atoms with Crippen molar-refractivity contribution in [2.24, 2.45) is 0 Å². The van der Waals surface area contributed by atoms with Gasteiger partial charge in [-0.05, 0) is 47.5 Å². The van der Waals surface area contributed by atoms with Gasteiger partial charge < -0.3 is 10.1 Å². The summed E-state index contributed by atoms with van der Waals surface area (Å²) in [4.78, 5) is 0. The van der Waals surface area contributed by atoms with Crippen LogP contribution in [0.1, 0.15) is 30.9 Å². The molecule has 0 fully saturated rings. The Hall–Kier alpha value is -1.74. The number of hydrogen-bond donors (Lipinski definition) is 1. The first-order valence-corrected chi connectivity index (χ1v) is 9.24. The first kappa shape index (κ1) is 20.6. The maximum atomic E-state index is 6.15. The number of unbranched alkanes of at least 4 members (excludes halogenated alkanes) is 1. The van der Waals surface area contributed by atoms with Gasteiger partial charge in [0.25, 0.3) is 0 Å². The number of halogens is 2. The van der Waals surface area contributed by atoms with Gasteiger partial charge in [0, 0.05) is 17.1 Å². The van der Waals surface area contributed by atoms with Crippen LogP contribution in [0.5, 0.6) is 5.75 Å². The summed E-state index contributed by atoms with van der Waals surface area (Å²) in [6.07, 6.45) is 2.38. The summed E-state index contributed by atoms with van der Waals surface area (Å²) >= 11 is 5.95. The van der Waals surface area contributed by atoms with Crippen molar-refractivity contribution in [1.82, 2.24) is 5.32 Å². The lowest BCUT2D eigenvalue weighted by molar-refractivity contribution is 0.302. The second kappa shape index (κ2) is 10.4. The zero-order valence-corrected chi connectivity index (χ0v) is 16.6. The summed E-state index contributed by atoms with van der Waals surface area (Å²) in [6, 6.07) is 20.5. The number of nitrogens with one attached hydrogen (secondary N) is 1. The molecule has 0 amide bonds. The number of rotatable bonds is 8. The van der Waals surface area contributed by atoms with Gasteiger partial charge in [0.15, 0.2) is 0 Å². The first-order chi connectivity index (χ1) is 12.3. The molecular weight excluding hydrogens is 365 g/mol. The average molecular weight is 390 g/mol. The fourth-order valence-electron chi connectivity index (χ4n) is 2.89. The van der Waals surface area contributed by atoms with Crippen LogP contribution in [0.2, 0.25) is 5.02 Å². The molecule has 138 valence electrons. The molecule has 0 bridgehead atoms. The van der Waals surface area contributed by atoms with Gasteiger partial charge in [-0.15, -0.1) is 12.4 Å². The lowest BCUT2D eigenvalue weighted by Crippen LogP contribution is -2.15. The summed E-state index contributed by atoms with van der Waals surface area (Å²) in [5.74, 6) is 0.942. The van der Waals surface area contributed by atoms with E-state index in [0.717, 1.165) is 29.4 Å². The third-order valence-corrected chi connectivity index (χ3v) is 4.57. The molecule has 3 aromatic carbocycles. The molecule has 0 radical (unpaired) electrons. The molecule has 26 heavy (non-hydrogen) atoms. The molecule has 3 rings (SSSR count). The van der Waals surface area contributed by atoms with Gasteiger partial charge in [-0.2, -0.15) is 0 Å². The van der Waals surface area contributed by atoms with E-state index in [0.29, 0.717) is 6.61 Å². The van der Waals surface area contributed by atoms with E-state index in [1.807, 2.05) is 24.3 Å². The highest BCUT2D eigenvalue weighted by Crippen LogP contribution is 2.29. The van der Waals surface area contributed by atoms with Gasteiger partial charge in [-0.3, -0.25) is 0 Å². The highest BCUT2D eigenvalue weighted by Gasteiger charge is 2.09. The van der Waals surface area contributed by atoms with E-state index < -0.39 is 0 Å². The Balaban J connectivity index is 0.00000243. The molecule has 0 saturated carbocycles. The molecule has 0 saturated heterocycles. The van der Waals surface area contributed by atoms with Crippen LogP contribution in [0.15, 0.2) is 60.7 Å². The average Bonchev–Trinajstić information content (AvgIpc) is 2.65. The fraction of sp³-hybridized carbons (Fsp3) is 0.273. The minimum Gasteiger partial charge on any atom is -0.489 e. The number of benzene rings is 3. The van der Waals surface area contributed by atoms with Crippen LogP contribution in [-0.4, -0.2) is 6.54 Å². The van der Waals surface area contributed by atoms with Gasteiger partial charge in [0.1, 0.15) is 12.4 Å². The fourth-order valence-corrected chi connectivity index (χ4v) is 3.02. The summed E-state index contributed by atoms with van der Waals surface area (Å²) in [5, 5.41) is 6.78. The van der Waals surface area contributed by atoms with Crippen molar-refractivity contribution in [2.45, 2.75) is 32.9 Å². The lowest BCUT2D eigenvalue weighted by Gasteiger charge is -2.15. The van der Waals surface area contributed by atoms with Gasteiger partial charge >= 0.3 is 0 Å². The molecule has 0 aliphatic carbocycles. The van der Waals surface area contributed by atoms with Crippen LogP contribution in [0.4, 0.5) is 0 Å². The van der Waals surface area contributed by atoms with Crippen LogP contribution in [-0.2, 0) is 13.2 Å². The van der Waals surface area contributed by atoms with Crippen LogP contribution >= 0.6 is 24.0 Å². The molecule has 0 aliphatic rings. The number of hydrogen-bond acceptors (Lipinski definition) is 2. The third kappa shape index (κ3) is 5.38. The Morgan fingerprint density at radius 2 is 1.73 bits per heavy atom. The second-order valence-corrected chi connectivity index (χ2v) is 6.65. The molecular formula is C22H25Cl2NO. The predicted molar refractivity (Wildman–Crippen MR) is 114 cm³/mol. The van der Waals surface area contributed by atoms with Crippen LogP contribution in [0, 0.1) is 0 Å². The van der Waals surface area contributed by atoms with Crippen LogP contribution in [0.3, 0.4) is 0 Å². The third-order valence-electron chi connectivity index (χ3n) is 4.31. The highest BCUT2D eigenvalue weighted by molar-refractivity contribution is 6.30. The van der Waals surface area contributed by atoms with E-state index >= 15 is 0 Å². The molecule has 1 N–H and O–H groups in total. The highest BCUT2D eigenvalue weighted by atomic mass is 35.5. The molecule has 2 nitrogen and oxygen atoms in total. The normalized spacial score (nSPS) is 10.5. The van der Waals surface area contributed by atoms with Crippen LogP contribution < -0.4 is 10.1 Å². The molecule has 0 aromatic heterocycles. The van der Waals surface area contributed by atoms with Crippen molar-refractivity contribution in [2.75, 3.05) is 6.54 Å². The number of ether oxygens (including phenoxy) is 1. The molecule has 0 spiro atoms. The maximum absolute atomic E-state index is 6.15. The SMILES string of the molecule is CCCCNCc1c(OCc2ccc(Cl)cc2)ccc2ccccc12.Cl. The Bertz CT molecular complexity index is 818. The van der Waals surface area contributed by atoms with E-state index in [2.05, 4.69) is 48.6 Å². The molecule has 3 aromatic rings. The Morgan fingerprint density at radius 3 is 2.50 bits per heavy atom. The van der Waals surface area contributed by atoms with Crippen molar-refractivity contribution in [3.63, 3.8) is 0 Å². The second-order valence-electron chi connectivity index (χ2n) is 6.21. The first-order valence-electron chi connectivity index (χ1n) is 8.86. The zero-order valence-electron chi connectivity index (χ0n) is 15.0. The van der Waals surface area contributed by atoms with Crippen molar-refractivity contribution in [3.8, 4) is 5.75 Å². The standard InChI is InChI=1S/C22H24ClNO.ClH/c1-2-3-14-24-15-21-20-7-5-4-6-18(20)10-13-22(21)25-16-17-8-11-19(23)12-9-17;/h4-13,24H,2-3,14-16H2,1H3;1H. The lowest BCUT2D eigenvalue weighted by atomic mass is 10.0. The molecule has 0 heterocycles. The minimum absolute atomic E-state index is 0. The van der Waals surface area contributed by atoms with Crippen molar-refractivity contribution in [3.05, 3.63) is 76.8 Å². The van der Waals surface area contributed by atoms with Gasteiger partial charge in [0.05, 0.1) is 0 Å². The molecule has 0 atom stereocenters. The van der Waals surface area contributed by atoms with Crippen LogP contribution in [0.25, 0.3) is 10.8 Å². The summed E-state index contributed by atoms with van der Waals surface area (Å²) in [5.41, 5.74) is 2.34. The van der Waals surface area contributed by atoms with Gasteiger partial charge in [-0.25, -0.2) is 0 Å². The van der Waals surface area contributed by atoms with Gasteiger partial charge in [-0.1, -0.05) is 67.4 Å². The van der Waals surface area contributed by atoms with E-state index in [1.54, 1.807) is 0 Å². The van der Waals surface area contributed by atoms with E-state index in [9.17, 15) is 0 Å². The van der Waals surface area contributed by atoms with E-state index in [1.165, 1.54) is 29.2 Å². The maximum Gasteiger partial charge on any atom is 0.124 e. The Kier molecular flexibility index (Phi) is 8.24. The Morgan fingerprint density at radius 1 is 0.962 bits per heavy atom. The summed E-state index contributed by atoms with van der Waals surface area (Å²) in [7, 11) is 0. The predicted octanol–water partition coefficient (Wildman–Crippen LogP) is 6.38. The molecule has 4 heteroatoms. The molecule has 0 aliphatic heterocycles. The topological polar surface area (TPSA) is 21.3 Å². The van der Waals surface area contributed by atoms with Crippen molar-refractivity contribution >= 4 is 34.8 Å². The van der Waals surface area contributed by atoms with E-state index in [-0.39, 0.29) is 12.4 Å². The van der Waals surface area contributed by atoms with E-state index in [4.69, 9.17) is 16.3 Å².